The smallest absolute Gasteiger partial charge is 0.263 e. The lowest BCUT2D eigenvalue weighted by Gasteiger charge is -2.08. The Hall–Kier alpha value is -2.77. The number of hydrogen-bond donors (Lipinski definition) is 1. The number of aryl methyl sites for hydroxylation is 1. The van der Waals surface area contributed by atoms with Crippen LogP contribution in [0.5, 0.6) is 0 Å². The Labute approximate surface area is 173 Å². The number of rotatable bonds is 4. The van der Waals surface area contributed by atoms with Crippen molar-refractivity contribution in [1.29, 1.82) is 0 Å². The lowest BCUT2D eigenvalue weighted by molar-refractivity contribution is -0.116. The molecule has 1 amide bonds. The van der Waals surface area contributed by atoms with Crippen molar-refractivity contribution in [3.63, 3.8) is 0 Å². The zero-order chi connectivity index (χ0) is 19.7. The van der Waals surface area contributed by atoms with E-state index in [4.69, 9.17) is 0 Å². The van der Waals surface area contributed by atoms with Crippen LogP contribution in [0.2, 0.25) is 0 Å². The third kappa shape index (κ3) is 3.63. The van der Waals surface area contributed by atoms with Gasteiger partial charge in [0.25, 0.3) is 5.56 Å². The molecule has 2 heterocycles. The van der Waals surface area contributed by atoms with Gasteiger partial charge in [-0.3, -0.25) is 14.2 Å². The number of para-hydroxylation sites is 1. The van der Waals surface area contributed by atoms with Crippen LogP contribution in [0.1, 0.15) is 4.88 Å². The van der Waals surface area contributed by atoms with E-state index < -0.39 is 0 Å². The van der Waals surface area contributed by atoms with Crippen LogP contribution in [0.3, 0.4) is 0 Å². The van der Waals surface area contributed by atoms with Gasteiger partial charge in [-0.05, 0) is 36.8 Å². The van der Waals surface area contributed by atoms with Crippen LogP contribution in [0.4, 0.5) is 5.69 Å². The van der Waals surface area contributed by atoms with Crippen molar-refractivity contribution in [1.82, 2.24) is 9.55 Å². The third-order valence-corrected chi connectivity index (χ3v) is 5.90. The van der Waals surface area contributed by atoms with Gasteiger partial charge in [-0.25, -0.2) is 4.98 Å². The fourth-order valence-corrected chi connectivity index (χ4v) is 4.36. The van der Waals surface area contributed by atoms with E-state index in [0.717, 1.165) is 20.5 Å². The molecule has 0 bridgehead atoms. The second kappa shape index (κ2) is 7.69. The average molecular weight is 454 g/mol. The average Bonchev–Trinajstić information content (AvgIpc) is 3.02. The molecule has 0 radical (unpaired) electrons. The van der Waals surface area contributed by atoms with E-state index >= 15 is 0 Å². The molecular weight excluding hydrogens is 438 g/mol. The van der Waals surface area contributed by atoms with E-state index in [1.165, 1.54) is 22.2 Å². The molecular formula is C21H16BrN3O2S. The molecule has 0 saturated carbocycles. The number of nitrogens with zero attached hydrogens (tertiary/aromatic N) is 2. The molecule has 4 aromatic rings. The normalized spacial score (nSPS) is 10.9. The van der Waals surface area contributed by atoms with Gasteiger partial charge < -0.3 is 5.32 Å². The fourth-order valence-electron chi connectivity index (χ4n) is 3.09. The zero-order valence-corrected chi connectivity index (χ0v) is 17.4. The van der Waals surface area contributed by atoms with Crippen molar-refractivity contribution >= 4 is 49.1 Å². The maximum absolute atomic E-state index is 13.1. The first-order valence-corrected chi connectivity index (χ1v) is 10.2. The summed E-state index contributed by atoms with van der Waals surface area (Å²) in [6.45, 7) is 1.89. The van der Waals surface area contributed by atoms with Gasteiger partial charge in [0.05, 0.1) is 11.7 Å². The van der Waals surface area contributed by atoms with E-state index in [1.54, 1.807) is 12.1 Å². The first-order chi connectivity index (χ1) is 13.5. The minimum absolute atomic E-state index is 0.0919. The highest BCUT2D eigenvalue weighted by Gasteiger charge is 2.17. The second-order valence-electron chi connectivity index (χ2n) is 6.31. The quantitative estimate of drug-likeness (QED) is 0.480. The van der Waals surface area contributed by atoms with Crippen LogP contribution in [0.15, 0.2) is 70.2 Å². The number of nitrogens with one attached hydrogen (secondary N) is 1. The Kier molecular flexibility index (Phi) is 5.11. The molecule has 2 aromatic heterocycles. The van der Waals surface area contributed by atoms with Crippen LogP contribution in [0, 0.1) is 6.92 Å². The molecule has 2 aromatic carbocycles. The topological polar surface area (TPSA) is 64.0 Å². The summed E-state index contributed by atoms with van der Waals surface area (Å²) in [5.74, 6) is -0.272. The van der Waals surface area contributed by atoms with Gasteiger partial charge in [0.2, 0.25) is 5.91 Å². The fraction of sp³-hybridized carbons (Fsp3) is 0.0952. The molecule has 0 atom stereocenters. The molecule has 28 heavy (non-hydrogen) atoms. The van der Waals surface area contributed by atoms with E-state index in [0.29, 0.717) is 15.9 Å². The Morgan fingerprint density at radius 3 is 2.57 bits per heavy atom. The molecule has 0 fully saturated rings. The van der Waals surface area contributed by atoms with Crippen molar-refractivity contribution < 1.29 is 4.79 Å². The standard InChI is InChI=1S/C21H16BrN3O2S/c1-13-18(14-7-9-15(22)10-8-14)19-20(28-13)23-12-25(21(19)27)11-17(26)24-16-5-3-2-4-6-16/h2-10,12H,11H2,1H3,(H,24,26). The first kappa shape index (κ1) is 18.6. The van der Waals surface area contributed by atoms with Crippen LogP contribution in [-0.2, 0) is 11.3 Å². The largest absolute Gasteiger partial charge is 0.325 e. The number of benzene rings is 2. The predicted octanol–water partition coefficient (Wildman–Crippen LogP) is 4.83. The summed E-state index contributed by atoms with van der Waals surface area (Å²) in [5, 5.41) is 3.35. The second-order valence-corrected chi connectivity index (χ2v) is 8.43. The Bertz CT molecular complexity index is 1210. The predicted molar refractivity (Wildman–Crippen MR) is 117 cm³/mol. The van der Waals surface area contributed by atoms with Crippen molar-refractivity contribution in [3.05, 3.63) is 80.6 Å². The van der Waals surface area contributed by atoms with Gasteiger partial charge in [0.15, 0.2) is 0 Å². The number of carbonyl (C=O) groups excluding carboxylic acids is 1. The molecule has 0 aliphatic heterocycles. The number of hydrogen-bond acceptors (Lipinski definition) is 4. The Morgan fingerprint density at radius 1 is 1.14 bits per heavy atom. The SMILES string of the molecule is Cc1sc2ncn(CC(=O)Nc3ccccc3)c(=O)c2c1-c1ccc(Br)cc1. The number of thiophene rings is 1. The van der Waals surface area contributed by atoms with Gasteiger partial charge in [-0.2, -0.15) is 0 Å². The number of anilines is 1. The molecule has 0 unspecified atom stereocenters. The van der Waals surface area contributed by atoms with Gasteiger partial charge >= 0.3 is 0 Å². The monoisotopic (exact) mass is 453 g/mol. The number of carbonyl (C=O) groups is 1. The molecule has 1 N–H and O–H groups in total. The van der Waals surface area contributed by atoms with Crippen LogP contribution in [0.25, 0.3) is 21.3 Å². The minimum Gasteiger partial charge on any atom is -0.325 e. The highest BCUT2D eigenvalue weighted by molar-refractivity contribution is 9.10. The zero-order valence-electron chi connectivity index (χ0n) is 15.0. The Morgan fingerprint density at radius 2 is 1.86 bits per heavy atom. The van der Waals surface area contributed by atoms with Gasteiger partial charge in [0.1, 0.15) is 11.4 Å². The van der Waals surface area contributed by atoms with Gasteiger partial charge in [-0.1, -0.05) is 46.3 Å². The van der Waals surface area contributed by atoms with E-state index in [-0.39, 0.29) is 18.0 Å². The summed E-state index contributed by atoms with van der Waals surface area (Å²) < 4.78 is 2.33. The summed E-state index contributed by atoms with van der Waals surface area (Å²) in [4.78, 5) is 31.6. The molecule has 0 spiro atoms. The summed E-state index contributed by atoms with van der Waals surface area (Å²) in [5.41, 5.74) is 2.31. The number of halogens is 1. The molecule has 0 saturated heterocycles. The number of fused-ring (bicyclic) bond motifs is 1. The highest BCUT2D eigenvalue weighted by atomic mass is 79.9. The van der Waals surface area contributed by atoms with Crippen molar-refractivity contribution in [2.75, 3.05) is 5.32 Å². The van der Waals surface area contributed by atoms with Crippen LogP contribution < -0.4 is 10.9 Å². The van der Waals surface area contributed by atoms with Crippen LogP contribution in [-0.4, -0.2) is 15.5 Å². The lowest BCUT2D eigenvalue weighted by Crippen LogP contribution is -2.27. The summed E-state index contributed by atoms with van der Waals surface area (Å²) in [6.07, 6.45) is 1.44. The number of aromatic nitrogens is 2. The lowest BCUT2D eigenvalue weighted by atomic mass is 10.0. The van der Waals surface area contributed by atoms with Crippen molar-refractivity contribution in [2.45, 2.75) is 13.5 Å². The molecule has 7 heteroatoms. The number of amides is 1. The van der Waals surface area contributed by atoms with Gasteiger partial charge in [-0.15, -0.1) is 11.3 Å². The first-order valence-electron chi connectivity index (χ1n) is 8.62. The van der Waals surface area contributed by atoms with E-state index in [2.05, 4.69) is 26.2 Å². The Balaban J connectivity index is 1.72. The highest BCUT2D eigenvalue weighted by Crippen LogP contribution is 2.35. The summed E-state index contributed by atoms with van der Waals surface area (Å²) in [7, 11) is 0. The summed E-state index contributed by atoms with van der Waals surface area (Å²) >= 11 is 4.92. The van der Waals surface area contributed by atoms with E-state index in [1.807, 2.05) is 49.4 Å². The summed E-state index contributed by atoms with van der Waals surface area (Å²) in [6, 6.07) is 17.0. The molecule has 4 rings (SSSR count). The maximum Gasteiger partial charge on any atom is 0.263 e. The van der Waals surface area contributed by atoms with Gasteiger partial charge in [0, 0.05) is 20.6 Å². The third-order valence-electron chi connectivity index (χ3n) is 4.36. The van der Waals surface area contributed by atoms with Crippen molar-refractivity contribution in [3.8, 4) is 11.1 Å². The van der Waals surface area contributed by atoms with Crippen LogP contribution >= 0.6 is 27.3 Å². The molecule has 0 aliphatic rings. The molecule has 5 nitrogen and oxygen atoms in total. The van der Waals surface area contributed by atoms with Crippen molar-refractivity contribution in [2.24, 2.45) is 0 Å². The molecule has 0 aliphatic carbocycles. The molecule has 140 valence electrons. The minimum atomic E-state index is -0.272. The van der Waals surface area contributed by atoms with E-state index in [9.17, 15) is 9.59 Å². The maximum atomic E-state index is 13.1.